The molecule has 0 aliphatic heterocycles. The third kappa shape index (κ3) is 84.1. The van der Waals surface area contributed by atoms with Gasteiger partial charge in [-0.15, -0.1) is 0 Å². The number of hydrogen-bond donors (Lipinski definition) is 0. The predicted octanol–water partition coefficient (Wildman–Crippen LogP) is -16.1. The van der Waals surface area contributed by atoms with Crippen LogP contribution in [-0.4, -0.2) is 46.9 Å². The first-order chi connectivity index (χ1) is 1.73. The Morgan fingerprint density at radius 2 is 0.727 bits per heavy atom. The van der Waals surface area contributed by atoms with Gasteiger partial charge in [0.05, 0.1) is 0 Å². The first-order valence-electron chi connectivity index (χ1n) is 0.507. The van der Waals surface area contributed by atoms with Gasteiger partial charge in [0.1, 0.15) is 0 Å². The maximum absolute atomic E-state index is 2.52. The van der Waals surface area contributed by atoms with Crippen molar-refractivity contribution in [3.05, 3.63) is 0 Å². The van der Waals surface area contributed by atoms with Gasteiger partial charge < -0.3 is 18.8 Å². The molecule has 0 amide bonds. The van der Waals surface area contributed by atoms with Gasteiger partial charge in [-0.1, -0.05) is 0 Å². The predicted molar refractivity (Wildman–Crippen MR) is 53.6 cm³/mol. The van der Waals surface area contributed by atoms with Gasteiger partial charge in [-0.25, -0.2) is 0 Å². The van der Waals surface area contributed by atoms with Gasteiger partial charge in [-0.3, -0.25) is 0 Å². The topological polar surface area (TPSA) is 0 Å². The average molecular weight is 752 g/mol. The molecule has 0 rings (SSSR count). The minimum atomic E-state index is -0.683. The van der Waals surface area contributed by atoms with Gasteiger partial charge in [0, 0.05) is 0 Å². The molecule has 0 unspecified atom stereocenters. The molecule has 58 valence electrons. The van der Waals surface area contributed by atoms with Gasteiger partial charge in [0.25, 0.3) is 0 Å². The first-order valence-corrected chi connectivity index (χ1v) is 29.8. The second-order valence-electron chi connectivity index (χ2n) is 0.192. The molecular weight excluding hydrogens is 752 g/mol. The Hall–Kier alpha value is 6.29. The molecule has 0 aliphatic carbocycles. The van der Waals surface area contributed by atoms with E-state index in [0.29, 0.717) is 0 Å². The number of rotatable bonds is 0. The summed E-state index contributed by atoms with van der Waals surface area (Å²) in [5.74, 6) is 0. The fourth-order valence-electron chi connectivity index (χ4n) is 0. The molecule has 0 bridgehead atoms. The van der Waals surface area contributed by atoms with E-state index in [4.69, 9.17) is 0 Å². The van der Waals surface area contributed by atoms with E-state index in [2.05, 4.69) is 54.1 Å². The molecule has 0 saturated heterocycles. The summed E-state index contributed by atoms with van der Waals surface area (Å²) in [6, 6.07) is 0. The molecule has 0 aliphatic rings. The zero-order chi connectivity index (χ0) is 3.58. The maximum atomic E-state index is 2.52. The summed E-state index contributed by atoms with van der Waals surface area (Å²) in [4.78, 5) is 0. The molecular formula is BiCaF4I3KLi. The normalized spacial score (nSPS) is 3.27. The van der Waals surface area contributed by atoms with Crippen LogP contribution in [0.15, 0.2) is 0 Å². The zero-order valence-corrected chi connectivity index (χ0v) is 21.1. The van der Waals surface area contributed by atoms with Crippen LogP contribution in [-0.2, 0) is 0 Å². The second-order valence-corrected chi connectivity index (χ2v) is 75.7. The summed E-state index contributed by atoms with van der Waals surface area (Å²) in [6.07, 6.45) is 0. The molecule has 0 heterocycles. The van der Waals surface area contributed by atoms with Gasteiger partial charge >= 0.3 is 171 Å². The third-order valence-electron chi connectivity index (χ3n) is 0. The first kappa shape index (κ1) is 53.2. The summed E-state index contributed by atoms with van der Waals surface area (Å²) in [5, 5.41) is 0. The largest absolute Gasteiger partial charge is 1.00 e. The van der Waals surface area contributed by atoms with Gasteiger partial charge in [-0.05, 0) is 0 Å². The molecule has 11 heteroatoms. The Bertz CT molecular complexity index is 30.1. The molecule has 0 aromatic carbocycles. The molecule has 0 saturated carbocycles. The van der Waals surface area contributed by atoms with E-state index in [9.17, 15) is 0 Å². The summed E-state index contributed by atoms with van der Waals surface area (Å²) >= 11 is 7.56. The van der Waals surface area contributed by atoms with Crippen molar-refractivity contribution >= 4 is 101 Å². The monoisotopic (exact) mass is 752 g/mol. The van der Waals surface area contributed by atoms with E-state index in [1.165, 1.54) is 0 Å². The van der Waals surface area contributed by atoms with Crippen LogP contribution < -0.4 is 89.1 Å². The second kappa shape index (κ2) is 44.1. The molecule has 0 N–H and O–H groups in total. The van der Waals surface area contributed by atoms with E-state index in [-0.39, 0.29) is 127 Å². The van der Waals surface area contributed by atoms with E-state index < -0.39 is 9.18 Å². The molecule has 0 aromatic heterocycles. The summed E-state index contributed by atoms with van der Waals surface area (Å²) in [7, 11) is -0.683. The summed E-state index contributed by atoms with van der Waals surface area (Å²) in [5.41, 5.74) is 0. The SMILES string of the molecule is [Ca+2].[F-].[F-].[F-].[F-].[I][Bi]([I])[I].[K+].[Li+]. The van der Waals surface area contributed by atoms with E-state index >= 15 is 0 Å². The average Bonchev–Trinajstić information content (AvgIpc) is 0.811. The van der Waals surface area contributed by atoms with Crippen molar-refractivity contribution in [1.29, 1.82) is 0 Å². The van der Waals surface area contributed by atoms with Crippen LogP contribution in [0.1, 0.15) is 0 Å². The number of hydrogen-bond acceptors (Lipinski definition) is 0. The van der Waals surface area contributed by atoms with Gasteiger partial charge in [-0.2, -0.15) is 0 Å². The Morgan fingerprint density at radius 1 is 0.727 bits per heavy atom. The van der Waals surface area contributed by atoms with Crippen LogP contribution in [0.5, 0.6) is 0 Å². The van der Waals surface area contributed by atoms with Crippen LogP contribution >= 0.6 is 54.1 Å². The van der Waals surface area contributed by atoms with Crippen molar-refractivity contribution < 1.29 is 89.1 Å². The van der Waals surface area contributed by atoms with E-state index in [1.54, 1.807) is 0 Å². The Morgan fingerprint density at radius 3 is 0.727 bits per heavy atom. The van der Waals surface area contributed by atoms with Crippen molar-refractivity contribution in [3.8, 4) is 0 Å². The summed E-state index contributed by atoms with van der Waals surface area (Å²) < 4.78 is 0. The van der Waals surface area contributed by atoms with Gasteiger partial charge in [0.15, 0.2) is 0 Å². The quantitative estimate of drug-likeness (QED) is 0.131. The Kier molecular flexibility index (Phi) is 213. The third-order valence-corrected chi connectivity index (χ3v) is 0. The van der Waals surface area contributed by atoms with Crippen LogP contribution in [0.4, 0.5) is 0 Å². The zero-order valence-electron chi connectivity index (χ0n) is 5.80. The molecule has 0 atom stereocenters. The van der Waals surface area contributed by atoms with Crippen molar-refractivity contribution in [1.82, 2.24) is 0 Å². The standard InChI is InChI=1S/Bi.Ca.4FH.3HI.K.Li/h;;7*1H;;/q+3;+2;;;;;;;;2*+1/p-7. The van der Waals surface area contributed by atoms with E-state index in [0.717, 1.165) is 0 Å². The van der Waals surface area contributed by atoms with Gasteiger partial charge in [0.2, 0.25) is 0 Å². The minimum absolute atomic E-state index is 0. The Balaban J connectivity index is -0.00000000214. The fourth-order valence-corrected chi connectivity index (χ4v) is 0. The molecule has 0 spiro atoms. The molecule has 11 heavy (non-hydrogen) atoms. The van der Waals surface area contributed by atoms with Crippen LogP contribution in [0.3, 0.4) is 0 Å². The van der Waals surface area contributed by atoms with Crippen molar-refractivity contribution in [2.75, 3.05) is 0 Å². The molecule has 0 fully saturated rings. The van der Waals surface area contributed by atoms with Crippen LogP contribution in [0, 0.1) is 0 Å². The van der Waals surface area contributed by atoms with E-state index in [1.807, 2.05) is 0 Å². The molecule has 0 radical (unpaired) electrons. The fraction of sp³-hybridized carbons (Fsp3) is 0. The van der Waals surface area contributed by atoms with Crippen LogP contribution in [0.25, 0.3) is 0 Å². The minimum Gasteiger partial charge on any atom is 1.00 e. The number of halogens is 7. The van der Waals surface area contributed by atoms with Crippen molar-refractivity contribution in [3.63, 3.8) is 0 Å². The molecule has 0 aromatic rings. The van der Waals surface area contributed by atoms with Crippen molar-refractivity contribution in [2.45, 2.75) is 0 Å². The molecule has 0 nitrogen and oxygen atoms in total. The smallest absolute Gasteiger partial charge is 1.00 e. The maximum Gasteiger partial charge on any atom is 1.00 e. The summed E-state index contributed by atoms with van der Waals surface area (Å²) in [6.45, 7) is 0. The Labute approximate surface area is 183 Å². The van der Waals surface area contributed by atoms with Crippen LogP contribution in [0.2, 0.25) is 0 Å². The van der Waals surface area contributed by atoms with Crippen molar-refractivity contribution in [2.24, 2.45) is 0 Å².